The maximum absolute atomic E-state index is 12.1. The molecule has 0 aliphatic carbocycles. The molecule has 0 aromatic heterocycles. The van der Waals surface area contributed by atoms with Gasteiger partial charge in [0.05, 0.1) is 13.2 Å². The summed E-state index contributed by atoms with van der Waals surface area (Å²) in [6.07, 6.45) is 14.4. The van der Waals surface area contributed by atoms with Crippen LogP contribution in [0.2, 0.25) is 0 Å². The van der Waals surface area contributed by atoms with Crippen LogP contribution in [0.3, 0.4) is 0 Å². The average molecular weight is 390 g/mol. The summed E-state index contributed by atoms with van der Waals surface area (Å²) in [4.78, 5) is 23.7. The third-order valence-electron chi connectivity index (χ3n) is 4.20. The van der Waals surface area contributed by atoms with Gasteiger partial charge in [-0.05, 0) is 31.8 Å². The number of nitrogens with one attached hydrogen (secondary N) is 1. The Morgan fingerprint density at radius 1 is 0.885 bits per heavy atom. The summed E-state index contributed by atoms with van der Waals surface area (Å²) in [5.74, 6) is 0.424. The second-order valence-corrected chi connectivity index (χ2v) is 7.53. The van der Waals surface area contributed by atoms with Gasteiger partial charge in [-0.1, -0.05) is 64.7 Å². The van der Waals surface area contributed by atoms with E-state index in [1.54, 1.807) is 18.7 Å². The van der Waals surface area contributed by atoms with E-state index in [2.05, 4.69) is 12.2 Å². The van der Waals surface area contributed by atoms with Gasteiger partial charge in [0.25, 0.3) is 0 Å². The van der Waals surface area contributed by atoms with Crippen molar-refractivity contribution in [2.75, 3.05) is 25.2 Å². The van der Waals surface area contributed by atoms with Gasteiger partial charge in [-0.25, -0.2) is 9.59 Å². The normalized spacial score (nSPS) is 11.8. The average Bonchev–Trinajstić information content (AvgIpc) is 2.63. The predicted molar refractivity (Wildman–Crippen MR) is 110 cm³/mol. The molecule has 26 heavy (non-hydrogen) atoms. The van der Waals surface area contributed by atoms with E-state index in [4.69, 9.17) is 9.47 Å². The third-order valence-corrected chi connectivity index (χ3v) is 4.85. The minimum Gasteiger partial charge on any atom is -0.464 e. The predicted octanol–water partition coefficient (Wildman–Crippen LogP) is 5.32. The van der Waals surface area contributed by atoms with E-state index in [0.29, 0.717) is 13.0 Å². The van der Waals surface area contributed by atoms with Gasteiger partial charge in [0, 0.05) is 0 Å². The maximum Gasteiger partial charge on any atom is 0.407 e. The molecule has 1 amide bonds. The van der Waals surface area contributed by atoms with E-state index < -0.39 is 12.1 Å². The molecular weight excluding hydrogens is 350 g/mol. The monoisotopic (exact) mass is 389 g/mol. The number of amides is 1. The molecule has 0 aliphatic heterocycles. The number of carbonyl (C=O) groups excluding carboxylic acids is 2. The van der Waals surface area contributed by atoms with Crippen LogP contribution >= 0.6 is 11.8 Å². The van der Waals surface area contributed by atoms with E-state index in [-0.39, 0.29) is 12.6 Å². The number of esters is 1. The largest absolute Gasteiger partial charge is 0.464 e. The molecule has 5 nitrogen and oxygen atoms in total. The minimum atomic E-state index is -0.621. The molecule has 0 unspecified atom stereocenters. The number of rotatable bonds is 17. The SMILES string of the molecule is CCCCCCCCCCCCOC(=O)[C@H](CCSC)NC(=O)OCC. The summed E-state index contributed by atoms with van der Waals surface area (Å²) < 4.78 is 10.2. The molecule has 0 aromatic carbocycles. The highest BCUT2D eigenvalue weighted by Gasteiger charge is 2.22. The Labute approximate surface area is 164 Å². The van der Waals surface area contributed by atoms with Gasteiger partial charge in [-0.3, -0.25) is 0 Å². The summed E-state index contributed by atoms with van der Waals surface area (Å²) in [6.45, 7) is 4.69. The molecule has 0 spiro atoms. The van der Waals surface area contributed by atoms with Gasteiger partial charge in [-0.15, -0.1) is 0 Å². The van der Waals surface area contributed by atoms with Gasteiger partial charge >= 0.3 is 12.1 Å². The number of hydrogen-bond donors (Lipinski definition) is 1. The number of ether oxygens (including phenoxy) is 2. The van der Waals surface area contributed by atoms with Crippen LogP contribution in [0.15, 0.2) is 0 Å². The fourth-order valence-corrected chi connectivity index (χ4v) is 3.13. The maximum atomic E-state index is 12.1. The number of carbonyl (C=O) groups is 2. The van der Waals surface area contributed by atoms with E-state index in [9.17, 15) is 9.59 Å². The molecule has 0 fully saturated rings. The van der Waals surface area contributed by atoms with Gasteiger partial charge in [-0.2, -0.15) is 11.8 Å². The van der Waals surface area contributed by atoms with Crippen LogP contribution in [0.5, 0.6) is 0 Å². The Bertz CT molecular complexity index is 353. The van der Waals surface area contributed by atoms with Crippen molar-refractivity contribution in [3.05, 3.63) is 0 Å². The zero-order chi connectivity index (χ0) is 19.5. The lowest BCUT2D eigenvalue weighted by Gasteiger charge is -2.17. The van der Waals surface area contributed by atoms with E-state index in [1.807, 2.05) is 6.26 Å². The standard InChI is InChI=1S/C20H39NO4S/c1-4-6-7-8-9-10-11-12-13-14-16-25-19(22)18(15-17-26-3)21-20(23)24-5-2/h18H,4-17H2,1-3H3,(H,21,23)/t18-/m0/s1. The molecule has 0 saturated heterocycles. The first-order valence-corrected chi connectivity index (χ1v) is 11.6. The molecule has 0 bridgehead atoms. The van der Waals surface area contributed by atoms with Gasteiger partial charge in [0.1, 0.15) is 6.04 Å². The number of alkyl carbamates (subject to hydrolysis) is 1. The molecule has 1 N–H and O–H groups in total. The number of hydrogen-bond acceptors (Lipinski definition) is 5. The van der Waals surface area contributed by atoms with Crippen molar-refractivity contribution >= 4 is 23.8 Å². The highest BCUT2D eigenvalue weighted by molar-refractivity contribution is 7.98. The third kappa shape index (κ3) is 15.4. The first-order chi connectivity index (χ1) is 12.7. The molecule has 0 aromatic rings. The Kier molecular flexibility index (Phi) is 18.2. The van der Waals surface area contributed by atoms with Crippen molar-refractivity contribution in [1.29, 1.82) is 0 Å². The van der Waals surface area contributed by atoms with Crippen molar-refractivity contribution in [2.45, 2.75) is 90.5 Å². The Morgan fingerprint density at radius 2 is 1.46 bits per heavy atom. The van der Waals surface area contributed by atoms with Crippen LogP contribution in [-0.4, -0.2) is 43.3 Å². The zero-order valence-corrected chi connectivity index (χ0v) is 17.8. The summed E-state index contributed by atoms with van der Waals surface area (Å²) in [6, 6.07) is -0.621. The van der Waals surface area contributed by atoms with E-state index >= 15 is 0 Å². The van der Waals surface area contributed by atoms with E-state index in [0.717, 1.165) is 18.6 Å². The molecular formula is C20H39NO4S. The highest BCUT2D eigenvalue weighted by atomic mass is 32.2. The Hall–Kier alpha value is -0.910. The van der Waals surface area contributed by atoms with Gasteiger partial charge in [0.15, 0.2) is 0 Å². The molecule has 0 heterocycles. The van der Waals surface area contributed by atoms with Gasteiger partial charge < -0.3 is 14.8 Å². The van der Waals surface area contributed by atoms with Crippen LogP contribution in [-0.2, 0) is 14.3 Å². The second kappa shape index (κ2) is 18.9. The number of thioether (sulfide) groups is 1. The summed E-state index contributed by atoms with van der Waals surface area (Å²) >= 11 is 1.63. The molecule has 0 aliphatic rings. The Morgan fingerprint density at radius 3 is 2.00 bits per heavy atom. The van der Waals surface area contributed by atoms with Crippen molar-refractivity contribution in [3.8, 4) is 0 Å². The first kappa shape index (κ1) is 25.1. The lowest BCUT2D eigenvalue weighted by Crippen LogP contribution is -2.42. The van der Waals surface area contributed by atoms with Crippen molar-refractivity contribution in [2.24, 2.45) is 0 Å². The van der Waals surface area contributed by atoms with E-state index in [1.165, 1.54) is 51.4 Å². The minimum absolute atomic E-state index is 0.286. The molecule has 0 rings (SSSR count). The molecule has 6 heteroatoms. The summed E-state index contributed by atoms with van der Waals surface area (Å²) in [5.41, 5.74) is 0. The molecule has 154 valence electrons. The molecule has 1 atom stereocenters. The van der Waals surface area contributed by atoms with Crippen molar-refractivity contribution in [1.82, 2.24) is 5.32 Å². The van der Waals surface area contributed by atoms with Crippen molar-refractivity contribution < 1.29 is 19.1 Å². The lowest BCUT2D eigenvalue weighted by molar-refractivity contribution is -0.146. The van der Waals surface area contributed by atoms with Crippen molar-refractivity contribution in [3.63, 3.8) is 0 Å². The number of unbranched alkanes of at least 4 members (excludes halogenated alkanes) is 9. The van der Waals surface area contributed by atoms with Crippen LogP contribution in [0.4, 0.5) is 4.79 Å². The molecule has 0 radical (unpaired) electrons. The first-order valence-electron chi connectivity index (χ1n) is 10.2. The summed E-state index contributed by atoms with van der Waals surface area (Å²) in [5, 5.41) is 2.59. The quantitative estimate of drug-likeness (QED) is 0.269. The Balaban J connectivity index is 3.75. The smallest absolute Gasteiger partial charge is 0.407 e. The fourth-order valence-electron chi connectivity index (χ4n) is 2.66. The second-order valence-electron chi connectivity index (χ2n) is 6.55. The highest BCUT2D eigenvalue weighted by Crippen LogP contribution is 2.11. The van der Waals surface area contributed by atoms with Crippen LogP contribution in [0, 0.1) is 0 Å². The van der Waals surface area contributed by atoms with Crippen LogP contribution in [0.1, 0.15) is 84.5 Å². The fraction of sp³-hybridized carbons (Fsp3) is 0.900. The lowest BCUT2D eigenvalue weighted by atomic mass is 10.1. The summed E-state index contributed by atoms with van der Waals surface area (Å²) in [7, 11) is 0. The topological polar surface area (TPSA) is 64.6 Å². The van der Waals surface area contributed by atoms with Gasteiger partial charge in [0.2, 0.25) is 0 Å². The van der Waals surface area contributed by atoms with Crippen LogP contribution in [0.25, 0.3) is 0 Å². The zero-order valence-electron chi connectivity index (χ0n) is 17.0. The van der Waals surface area contributed by atoms with Crippen LogP contribution < -0.4 is 5.32 Å². The molecule has 0 saturated carbocycles.